The Morgan fingerprint density at radius 2 is 1.89 bits per heavy atom. The Kier molecular flexibility index (Phi) is 3.03. The van der Waals surface area contributed by atoms with Crippen molar-refractivity contribution in [1.82, 2.24) is 15.0 Å². The zero-order valence-corrected chi connectivity index (χ0v) is 11.3. The molecule has 1 atom stereocenters. The van der Waals surface area contributed by atoms with E-state index in [4.69, 9.17) is 10.7 Å². The van der Waals surface area contributed by atoms with Crippen LogP contribution in [-0.4, -0.2) is 15.0 Å². The van der Waals surface area contributed by atoms with Gasteiger partial charge in [0, 0.05) is 40.4 Å². The second-order valence-corrected chi connectivity index (χ2v) is 5.23. The predicted molar refractivity (Wildman–Crippen MR) is 74.6 cm³/mol. The van der Waals surface area contributed by atoms with E-state index in [1.807, 2.05) is 32.2 Å². The maximum atomic E-state index is 6.09. The Morgan fingerprint density at radius 3 is 2.63 bits per heavy atom. The zero-order valence-electron chi connectivity index (χ0n) is 11.3. The van der Waals surface area contributed by atoms with Gasteiger partial charge in [0.2, 0.25) is 0 Å². The van der Waals surface area contributed by atoms with Crippen LogP contribution in [0.15, 0.2) is 18.3 Å². The fraction of sp³-hybridized carbons (Fsp3) is 0.400. The predicted octanol–water partition coefficient (Wildman–Crippen LogP) is 2.49. The monoisotopic (exact) mass is 254 g/mol. The molecule has 0 radical (unpaired) electrons. The summed E-state index contributed by atoms with van der Waals surface area (Å²) < 4.78 is 0. The molecule has 2 aromatic rings. The molecular formula is C15H18N4. The van der Waals surface area contributed by atoms with Crippen LogP contribution in [0.3, 0.4) is 0 Å². The standard InChI is InChI=1S/C15H18N4/c1-9-6-11(7-10(2)18-9)15-17-8-12-13(16)4-3-5-14(12)19-15/h6-8,13H,3-5,16H2,1-2H3. The van der Waals surface area contributed by atoms with Crippen LogP contribution in [0, 0.1) is 13.8 Å². The summed E-state index contributed by atoms with van der Waals surface area (Å²) in [6.45, 7) is 3.98. The summed E-state index contributed by atoms with van der Waals surface area (Å²) in [5, 5.41) is 0. The molecule has 0 amide bonds. The highest BCUT2D eigenvalue weighted by atomic mass is 14.9. The number of nitrogens with two attached hydrogens (primary N) is 1. The molecule has 0 bridgehead atoms. The number of hydrogen-bond acceptors (Lipinski definition) is 4. The SMILES string of the molecule is Cc1cc(-c2ncc3c(n2)CCCC3N)cc(C)n1. The highest BCUT2D eigenvalue weighted by Crippen LogP contribution is 2.27. The molecule has 4 nitrogen and oxygen atoms in total. The van der Waals surface area contributed by atoms with Crippen molar-refractivity contribution in [2.75, 3.05) is 0 Å². The van der Waals surface area contributed by atoms with Gasteiger partial charge in [-0.2, -0.15) is 0 Å². The van der Waals surface area contributed by atoms with Gasteiger partial charge in [0.25, 0.3) is 0 Å². The van der Waals surface area contributed by atoms with Gasteiger partial charge in [-0.3, -0.25) is 4.98 Å². The van der Waals surface area contributed by atoms with Crippen LogP contribution in [-0.2, 0) is 6.42 Å². The topological polar surface area (TPSA) is 64.7 Å². The van der Waals surface area contributed by atoms with E-state index in [1.54, 1.807) is 0 Å². The molecule has 1 unspecified atom stereocenters. The molecule has 2 aromatic heterocycles. The first kappa shape index (κ1) is 12.2. The van der Waals surface area contributed by atoms with Crippen molar-refractivity contribution >= 4 is 0 Å². The lowest BCUT2D eigenvalue weighted by Gasteiger charge is -2.21. The van der Waals surface area contributed by atoms with Crippen molar-refractivity contribution in [1.29, 1.82) is 0 Å². The van der Waals surface area contributed by atoms with E-state index in [0.717, 1.165) is 53.3 Å². The van der Waals surface area contributed by atoms with Gasteiger partial charge >= 0.3 is 0 Å². The Labute approximate surface area is 113 Å². The average Bonchev–Trinajstić information content (AvgIpc) is 2.37. The first-order chi connectivity index (χ1) is 9.13. The van der Waals surface area contributed by atoms with Crippen LogP contribution in [0.4, 0.5) is 0 Å². The van der Waals surface area contributed by atoms with Crippen LogP contribution in [0.25, 0.3) is 11.4 Å². The fourth-order valence-corrected chi connectivity index (χ4v) is 2.68. The third-order valence-corrected chi connectivity index (χ3v) is 3.57. The third kappa shape index (κ3) is 2.36. The summed E-state index contributed by atoms with van der Waals surface area (Å²) in [6.07, 6.45) is 5.04. The normalized spacial score (nSPS) is 18.2. The van der Waals surface area contributed by atoms with E-state index in [0.29, 0.717) is 0 Å². The summed E-state index contributed by atoms with van der Waals surface area (Å²) in [5.41, 5.74) is 11.3. The molecule has 0 aromatic carbocycles. The molecule has 3 rings (SSSR count). The number of aryl methyl sites for hydroxylation is 3. The highest BCUT2D eigenvalue weighted by molar-refractivity contribution is 5.56. The highest BCUT2D eigenvalue weighted by Gasteiger charge is 2.19. The molecule has 0 saturated heterocycles. The van der Waals surface area contributed by atoms with E-state index in [-0.39, 0.29) is 6.04 Å². The molecule has 0 saturated carbocycles. The van der Waals surface area contributed by atoms with Crippen LogP contribution in [0.5, 0.6) is 0 Å². The van der Waals surface area contributed by atoms with E-state index >= 15 is 0 Å². The van der Waals surface area contributed by atoms with Crippen molar-refractivity contribution in [3.63, 3.8) is 0 Å². The Balaban J connectivity index is 2.06. The molecule has 0 spiro atoms. The van der Waals surface area contributed by atoms with Crippen LogP contribution >= 0.6 is 0 Å². The molecule has 19 heavy (non-hydrogen) atoms. The van der Waals surface area contributed by atoms with Crippen molar-refractivity contribution in [3.8, 4) is 11.4 Å². The quantitative estimate of drug-likeness (QED) is 0.849. The summed E-state index contributed by atoms with van der Waals surface area (Å²) in [6, 6.07) is 4.15. The van der Waals surface area contributed by atoms with Crippen molar-refractivity contribution in [2.24, 2.45) is 5.73 Å². The van der Waals surface area contributed by atoms with Gasteiger partial charge < -0.3 is 5.73 Å². The lowest BCUT2D eigenvalue weighted by molar-refractivity contribution is 0.557. The van der Waals surface area contributed by atoms with Gasteiger partial charge in [0.05, 0.1) is 0 Å². The number of aromatic nitrogens is 3. The third-order valence-electron chi connectivity index (χ3n) is 3.57. The van der Waals surface area contributed by atoms with Gasteiger partial charge in [-0.25, -0.2) is 9.97 Å². The molecule has 2 heterocycles. The van der Waals surface area contributed by atoms with Gasteiger partial charge in [0.1, 0.15) is 0 Å². The largest absolute Gasteiger partial charge is 0.324 e. The number of fused-ring (bicyclic) bond motifs is 1. The molecule has 4 heteroatoms. The van der Waals surface area contributed by atoms with E-state index in [1.165, 1.54) is 0 Å². The summed E-state index contributed by atoms with van der Waals surface area (Å²) in [7, 11) is 0. The van der Waals surface area contributed by atoms with Crippen molar-refractivity contribution < 1.29 is 0 Å². The van der Waals surface area contributed by atoms with Gasteiger partial charge in [-0.15, -0.1) is 0 Å². The van der Waals surface area contributed by atoms with Gasteiger partial charge in [-0.05, 0) is 45.2 Å². The first-order valence-electron chi connectivity index (χ1n) is 6.70. The lowest BCUT2D eigenvalue weighted by Crippen LogP contribution is -2.19. The maximum absolute atomic E-state index is 6.09. The minimum Gasteiger partial charge on any atom is -0.324 e. The van der Waals surface area contributed by atoms with Crippen LogP contribution in [0.1, 0.15) is 41.5 Å². The van der Waals surface area contributed by atoms with Gasteiger partial charge in [-0.1, -0.05) is 0 Å². The molecule has 0 fully saturated rings. The Hall–Kier alpha value is -1.81. The minimum atomic E-state index is 0.0960. The van der Waals surface area contributed by atoms with Crippen molar-refractivity contribution in [3.05, 3.63) is 41.0 Å². The average molecular weight is 254 g/mol. The summed E-state index contributed by atoms with van der Waals surface area (Å²) in [4.78, 5) is 13.6. The second-order valence-electron chi connectivity index (χ2n) is 5.23. The van der Waals surface area contributed by atoms with E-state index in [9.17, 15) is 0 Å². The molecular weight excluding hydrogens is 236 g/mol. The van der Waals surface area contributed by atoms with Crippen LogP contribution < -0.4 is 5.73 Å². The minimum absolute atomic E-state index is 0.0960. The smallest absolute Gasteiger partial charge is 0.159 e. The van der Waals surface area contributed by atoms with Gasteiger partial charge in [0.15, 0.2) is 5.82 Å². The number of rotatable bonds is 1. The maximum Gasteiger partial charge on any atom is 0.159 e. The first-order valence-corrected chi connectivity index (χ1v) is 6.70. The number of pyridine rings is 1. The van der Waals surface area contributed by atoms with E-state index < -0.39 is 0 Å². The zero-order chi connectivity index (χ0) is 13.4. The second kappa shape index (κ2) is 4.70. The fourth-order valence-electron chi connectivity index (χ4n) is 2.68. The molecule has 1 aliphatic carbocycles. The summed E-state index contributed by atoms with van der Waals surface area (Å²) in [5.74, 6) is 0.779. The Morgan fingerprint density at radius 1 is 1.16 bits per heavy atom. The van der Waals surface area contributed by atoms with Crippen molar-refractivity contribution in [2.45, 2.75) is 39.2 Å². The number of hydrogen-bond donors (Lipinski definition) is 1. The Bertz CT molecular complexity index is 601. The van der Waals surface area contributed by atoms with Crippen LogP contribution in [0.2, 0.25) is 0 Å². The molecule has 1 aliphatic rings. The summed E-state index contributed by atoms with van der Waals surface area (Å²) >= 11 is 0. The molecule has 98 valence electrons. The molecule has 0 aliphatic heterocycles. The lowest BCUT2D eigenvalue weighted by atomic mass is 9.93. The van der Waals surface area contributed by atoms with E-state index in [2.05, 4.69) is 9.97 Å². The number of nitrogens with zero attached hydrogens (tertiary/aromatic N) is 3. The molecule has 2 N–H and O–H groups in total.